The topological polar surface area (TPSA) is 0 Å². The summed E-state index contributed by atoms with van der Waals surface area (Å²) in [6, 6.07) is 6.45. The molecule has 0 heterocycles. The van der Waals surface area contributed by atoms with Crippen molar-refractivity contribution in [3.05, 3.63) is 39.9 Å². The fraction of sp³-hybridized carbons (Fsp3) is 0.385. The maximum absolute atomic E-state index is 3.53. The predicted octanol–water partition coefficient (Wildman–Crippen LogP) is 4.82. The molecule has 0 nitrogen and oxygen atoms in total. The second kappa shape index (κ2) is 5.35. The third kappa shape index (κ3) is 3.67. The minimum absolute atomic E-state index is 0.736. The van der Waals surface area contributed by atoms with E-state index in [0.717, 1.165) is 12.3 Å². The van der Waals surface area contributed by atoms with Crippen LogP contribution in [0.15, 0.2) is 28.7 Å². The van der Waals surface area contributed by atoms with Crippen LogP contribution in [0.2, 0.25) is 0 Å². The van der Waals surface area contributed by atoms with E-state index in [1.807, 2.05) is 0 Å². The first-order valence-corrected chi connectivity index (χ1v) is 5.81. The van der Waals surface area contributed by atoms with Gasteiger partial charge in [0.15, 0.2) is 0 Å². The molecular weight excluding hydrogens is 236 g/mol. The Morgan fingerprint density at radius 2 is 2.07 bits per heavy atom. The molecule has 1 aromatic carbocycles. The zero-order valence-corrected chi connectivity index (χ0v) is 10.6. The summed E-state index contributed by atoms with van der Waals surface area (Å²) in [4.78, 5) is 0. The van der Waals surface area contributed by atoms with Crippen LogP contribution < -0.4 is 0 Å². The van der Waals surface area contributed by atoms with Crippen LogP contribution in [-0.2, 0) is 0 Å². The molecule has 76 valence electrons. The average molecular weight is 253 g/mol. The highest BCUT2D eigenvalue weighted by atomic mass is 79.9. The molecule has 0 saturated carbocycles. The van der Waals surface area contributed by atoms with Gasteiger partial charge in [0.2, 0.25) is 0 Å². The normalized spacial score (nSPS) is 11.5. The van der Waals surface area contributed by atoms with Crippen molar-refractivity contribution < 1.29 is 0 Å². The number of hydrogen-bond acceptors (Lipinski definition) is 0. The summed E-state index contributed by atoms with van der Waals surface area (Å²) < 4.78 is 1.18. The van der Waals surface area contributed by atoms with E-state index in [9.17, 15) is 0 Å². The minimum atomic E-state index is 0.736. The van der Waals surface area contributed by atoms with Crippen LogP contribution in [0.25, 0.3) is 6.08 Å². The van der Waals surface area contributed by atoms with E-state index in [4.69, 9.17) is 0 Å². The molecule has 0 atom stereocenters. The Labute approximate surface area is 95.2 Å². The van der Waals surface area contributed by atoms with Crippen molar-refractivity contribution in [2.24, 2.45) is 5.92 Å². The number of rotatable bonds is 3. The number of aryl methyl sites for hydroxylation is 1. The van der Waals surface area contributed by atoms with Crippen molar-refractivity contribution in [1.29, 1.82) is 0 Å². The smallest absolute Gasteiger partial charge is 0.0210 e. The lowest BCUT2D eigenvalue weighted by Gasteiger charge is -2.00. The van der Waals surface area contributed by atoms with E-state index in [-0.39, 0.29) is 0 Å². The van der Waals surface area contributed by atoms with Crippen LogP contribution in [0.5, 0.6) is 0 Å². The number of benzene rings is 1. The molecule has 0 amide bonds. The van der Waals surface area contributed by atoms with Gasteiger partial charge >= 0.3 is 0 Å². The van der Waals surface area contributed by atoms with E-state index < -0.39 is 0 Å². The molecule has 0 aliphatic heterocycles. The maximum Gasteiger partial charge on any atom is 0.0210 e. The Kier molecular flexibility index (Phi) is 4.40. The molecule has 1 rings (SSSR count). The molecule has 0 aromatic heterocycles. The van der Waals surface area contributed by atoms with E-state index in [1.54, 1.807) is 0 Å². The highest BCUT2D eigenvalue weighted by Crippen LogP contribution is 2.18. The lowest BCUT2D eigenvalue weighted by atomic mass is 10.1. The molecule has 0 fully saturated rings. The molecule has 1 heteroatoms. The largest absolute Gasteiger partial charge is 0.0837 e. The summed E-state index contributed by atoms with van der Waals surface area (Å²) >= 11 is 3.53. The second-order valence-electron chi connectivity index (χ2n) is 4.04. The third-order valence-corrected chi connectivity index (χ3v) is 2.97. The summed E-state index contributed by atoms with van der Waals surface area (Å²) in [6.45, 7) is 6.57. The maximum atomic E-state index is 3.53. The third-order valence-electron chi connectivity index (χ3n) is 2.11. The Bertz CT molecular complexity index is 324. The van der Waals surface area contributed by atoms with Crippen molar-refractivity contribution in [1.82, 2.24) is 0 Å². The van der Waals surface area contributed by atoms with Crippen LogP contribution in [0.1, 0.15) is 31.4 Å². The Hall–Kier alpha value is -0.560. The van der Waals surface area contributed by atoms with Crippen molar-refractivity contribution >= 4 is 22.0 Å². The molecule has 0 unspecified atom stereocenters. The molecule has 0 aliphatic carbocycles. The van der Waals surface area contributed by atoms with Crippen LogP contribution in [0, 0.1) is 12.8 Å². The van der Waals surface area contributed by atoms with E-state index in [2.05, 4.69) is 67.1 Å². The molecule has 1 aromatic rings. The second-order valence-corrected chi connectivity index (χ2v) is 4.89. The van der Waals surface area contributed by atoms with Gasteiger partial charge in [-0.1, -0.05) is 54.1 Å². The lowest BCUT2D eigenvalue weighted by Crippen LogP contribution is -1.82. The molecule has 0 aliphatic rings. The number of allylic oxidation sites excluding steroid dienone is 1. The molecule has 0 bridgehead atoms. The number of hydrogen-bond donors (Lipinski definition) is 0. The fourth-order valence-corrected chi connectivity index (χ4v) is 1.59. The van der Waals surface area contributed by atoms with Gasteiger partial charge in [-0.05, 0) is 36.5 Å². The average Bonchev–Trinajstić information content (AvgIpc) is 2.10. The summed E-state index contributed by atoms with van der Waals surface area (Å²) in [7, 11) is 0. The van der Waals surface area contributed by atoms with Crippen molar-refractivity contribution in [3.8, 4) is 0 Å². The SMILES string of the molecule is Cc1ccc(/C=C/CC(C)C)cc1Br. The molecule has 0 radical (unpaired) electrons. The van der Waals surface area contributed by atoms with E-state index in [0.29, 0.717) is 0 Å². The zero-order chi connectivity index (χ0) is 10.6. The van der Waals surface area contributed by atoms with Gasteiger partial charge in [0.25, 0.3) is 0 Å². The monoisotopic (exact) mass is 252 g/mol. The fourth-order valence-electron chi connectivity index (χ4n) is 1.19. The Balaban J connectivity index is 2.68. The molecule has 0 N–H and O–H groups in total. The van der Waals surface area contributed by atoms with Crippen molar-refractivity contribution in [3.63, 3.8) is 0 Å². The summed E-state index contributed by atoms with van der Waals surface area (Å²) in [5, 5.41) is 0. The van der Waals surface area contributed by atoms with Crippen LogP contribution in [0.3, 0.4) is 0 Å². The van der Waals surface area contributed by atoms with Gasteiger partial charge in [-0.15, -0.1) is 0 Å². The minimum Gasteiger partial charge on any atom is -0.0837 e. The van der Waals surface area contributed by atoms with Gasteiger partial charge < -0.3 is 0 Å². The highest BCUT2D eigenvalue weighted by molar-refractivity contribution is 9.10. The molecular formula is C13H17Br. The van der Waals surface area contributed by atoms with Crippen LogP contribution >= 0.6 is 15.9 Å². The Morgan fingerprint density at radius 3 is 2.64 bits per heavy atom. The molecule has 0 spiro atoms. The van der Waals surface area contributed by atoms with E-state index >= 15 is 0 Å². The van der Waals surface area contributed by atoms with Gasteiger partial charge in [0.1, 0.15) is 0 Å². The number of halogens is 1. The zero-order valence-electron chi connectivity index (χ0n) is 9.05. The predicted molar refractivity (Wildman–Crippen MR) is 67.4 cm³/mol. The first-order valence-electron chi connectivity index (χ1n) is 5.02. The summed E-state index contributed by atoms with van der Waals surface area (Å²) in [6.07, 6.45) is 5.57. The van der Waals surface area contributed by atoms with Crippen LogP contribution in [0.4, 0.5) is 0 Å². The van der Waals surface area contributed by atoms with Gasteiger partial charge in [0, 0.05) is 4.47 Å². The molecule has 14 heavy (non-hydrogen) atoms. The summed E-state index contributed by atoms with van der Waals surface area (Å²) in [5.74, 6) is 0.736. The standard InChI is InChI=1S/C13H17Br/c1-10(2)5-4-6-12-8-7-11(3)13(14)9-12/h4,6-10H,5H2,1-3H3/b6-4+. The summed E-state index contributed by atoms with van der Waals surface area (Å²) in [5.41, 5.74) is 2.55. The van der Waals surface area contributed by atoms with Crippen molar-refractivity contribution in [2.75, 3.05) is 0 Å². The van der Waals surface area contributed by atoms with Gasteiger partial charge in [-0.2, -0.15) is 0 Å². The van der Waals surface area contributed by atoms with Gasteiger partial charge in [-0.3, -0.25) is 0 Å². The van der Waals surface area contributed by atoms with Crippen molar-refractivity contribution in [2.45, 2.75) is 27.2 Å². The van der Waals surface area contributed by atoms with Gasteiger partial charge in [0.05, 0.1) is 0 Å². The lowest BCUT2D eigenvalue weighted by molar-refractivity contribution is 0.665. The van der Waals surface area contributed by atoms with E-state index in [1.165, 1.54) is 15.6 Å². The Morgan fingerprint density at radius 1 is 1.36 bits per heavy atom. The van der Waals surface area contributed by atoms with Crippen LogP contribution in [-0.4, -0.2) is 0 Å². The highest BCUT2D eigenvalue weighted by Gasteiger charge is 1.94. The van der Waals surface area contributed by atoms with Gasteiger partial charge in [-0.25, -0.2) is 0 Å². The quantitative estimate of drug-likeness (QED) is 0.724. The first-order chi connectivity index (χ1) is 6.59. The first kappa shape index (κ1) is 11.5. The molecule has 0 saturated heterocycles.